The van der Waals surface area contributed by atoms with Crippen LogP contribution in [0.2, 0.25) is 26.2 Å². The molecule has 4 nitrogen and oxygen atoms in total. The van der Waals surface area contributed by atoms with E-state index in [0.29, 0.717) is 11.9 Å². The molecule has 0 aliphatic carbocycles. The Bertz CT molecular complexity index is 222. The van der Waals surface area contributed by atoms with Gasteiger partial charge in [-0.1, -0.05) is 0 Å². The summed E-state index contributed by atoms with van der Waals surface area (Å²) < 4.78 is 21.2. The fourth-order valence-corrected chi connectivity index (χ4v) is 2.00. The molecule has 0 unspecified atom stereocenters. The molecule has 80 valence electrons. The maximum atomic E-state index is 5.41. The molecule has 1 aliphatic heterocycles. The van der Waals surface area contributed by atoms with Crippen LogP contribution in [0.1, 0.15) is 0 Å². The highest BCUT2D eigenvalue weighted by Crippen LogP contribution is 2.15. The smallest absolute Gasteiger partial charge is 0.307 e. The van der Waals surface area contributed by atoms with Gasteiger partial charge in [0.2, 0.25) is 18.1 Å². The van der Waals surface area contributed by atoms with Crippen LogP contribution in [0.3, 0.4) is 0 Å². The summed E-state index contributed by atoms with van der Waals surface area (Å²) in [6.07, 6.45) is 2.89. The fraction of sp³-hybridized carbons (Fsp3) is 0.500. The van der Waals surface area contributed by atoms with E-state index in [1.165, 1.54) is 12.5 Å². The van der Waals surface area contributed by atoms with Gasteiger partial charge in [-0.15, -0.1) is 0 Å². The Morgan fingerprint density at radius 1 is 0.857 bits per heavy atom. The molecule has 0 aromatic carbocycles. The standard InChI is InChI=1S/C8H16O4Si2/c1-13(2)11-7-5-10-8(6-9-7)12-14(3)4/h5-6,13-14H,1-4H3. The van der Waals surface area contributed by atoms with Crippen LogP contribution in [0.5, 0.6) is 0 Å². The second-order valence-electron chi connectivity index (χ2n) is 3.44. The minimum absolute atomic E-state index is 0.421. The highest BCUT2D eigenvalue weighted by molar-refractivity contribution is 6.49. The molecular formula is C8H16O4Si2. The Kier molecular flexibility index (Phi) is 4.08. The van der Waals surface area contributed by atoms with Crippen LogP contribution in [0.15, 0.2) is 24.4 Å². The summed E-state index contributed by atoms with van der Waals surface area (Å²) in [7, 11) is -2.25. The van der Waals surface area contributed by atoms with Crippen LogP contribution in [0.25, 0.3) is 0 Å². The average molecular weight is 232 g/mol. The second kappa shape index (κ2) is 5.11. The van der Waals surface area contributed by atoms with Crippen molar-refractivity contribution in [3.8, 4) is 0 Å². The van der Waals surface area contributed by atoms with Crippen LogP contribution in [0.4, 0.5) is 0 Å². The van der Waals surface area contributed by atoms with E-state index in [4.69, 9.17) is 18.3 Å². The van der Waals surface area contributed by atoms with Crippen molar-refractivity contribution in [2.24, 2.45) is 0 Å². The van der Waals surface area contributed by atoms with Crippen LogP contribution < -0.4 is 0 Å². The molecule has 14 heavy (non-hydrogen) atoms. The van der Waals surface area contributed by atoms with E-state index in [9.17, 15) is 0 Å². The van der Waals surface area contributed by atoms with Gasteiger partial charge in [0.25, 0.3) is 0 Å². The molecule has 0 saturated heterocycles. The third-order valence-corrected chi connectivity index (χ3v) is 2.65. The summed E-state index contributed by atoms with van der Waals surface area (Å²) in [6.45, 7) is 8.23. The Hall–Kier alpha value is -0.886. The zero-order valence-electron chi connectivity index (χ0n) is 8.94. The summed E-state index contributed by atoms with van der Waals surface area (Å²) in [5.41, 5.74) is 0. The SMILES string of the molecule is C[SiH](C)OC1=COC(O[SiH](C)C)=CO1. The van der Waals surface area contributed by atoms with Crippen LogP contribution >= 0.6 is 0 Å². The highest BCUT2D eigenvalue weighted by atomic mass is 28.3. The molecule has 0 saturated carbocycles. The van der Waals surface area contributed by atoms with Crippen molar-refractivity contribution in [2.45, 2.75) is 26.2 Å². The predicted octanol–water partition coefficient (Wildman–Crippen LogP) is 1.63. The normalized spacial score (nSPS) is 15.6. The number of rotatable bonds is 4. The van der Waals surface area contributed by atoms with Gasteiger partial charge in [0.15, 0.2) is 12.5 Å². The van der Waals surface area contributed by atoms with E-state index >= 15 is 0 Å². The lowest BCUT2D eigenvalue weighted by Gasteiger charge is -2.18. The van der Waals surface area contributed by atoms with Crippen molar-refractivity contribution >= 4 is 18.1 Å². The van der Waals surface area contributed by atoms with Gasteiger partial charge in [-0.25, -0.2) is 0 Å². The Balaban J connectivity index is 2.36. The lowest BCUT2D eigenvalue weighted by Crippen LogP contribution is -2.14. The van der Waals surface area contributed by atoms with Crippen molar-refractivity contribution in [3.05, 3.63) is 24.4 Å². The molecular weight excluding hydrogens is 216 g/mol. The van der Waals surface area contributed by atoms with Crippen LogP contribution in [-0.4, -0.2) is 18.1 Å². The third-order valence-electron chi connectivity index (χ3n) is 1.25. The topological polar surface area (TPSA) is 36.9 Å². The molecule has 0 aromatic heterocycles. The molecule has 0 spiro atoms. The van der Waals surface area contributed by atoms with Gasteiger partial charge in [0.05, 0.1) is 0 Å². The molecule has 1 heterocycles. The van der Waals surface area contributed by atoms with E-state index in [0.717, 1.165) is 0 Å². The second-order valence-corrected chi connectivity index (χ2v) is 8.11. The number of ether oxygens (including phenoxy) is 2. The lowest BCUT2D eigenvalue weighted by atomic mass is 10.8. The maximum absolute atomic E-state index is 5.41. The van der Waals surface area contributed by atoms with Gasteiger partial charge >= 0.3 is 11.9 Å². The van der Waals surface area contributed by atoms with E-state index in [1.54, 1.807) is 0 Å². The van der Waals surface area contributed by atoms with E-state index in [1.807, 2.05) is 0 Å². The maximum Gasteiger partial charge on any atom is 0.307 e. The average Bonchev–Trinajstić information content (AvgIpc) is 2.06. The quantitative estimate of drug-likeness (QED) is 0.690. The molecule has 0 N–H and O–H groups in total. The highest BCUT2D eigenvalue weighted by Gasteiger charge is 2.12. The molecule has 1 aliphatic rings. The van der Waals surface area contributed by atoms with Crippen molar-refractivity contribution < 1.29 is 18.3 Å². The fourth-order valence-electron chi connectivity index (χ4n) is 0.844. The molecule has 0 fully saturated rings. The van der Waals surface area contributed by atoms with Crippen molar-refractivity contribution in [3.63, 3.8) is 0 Å². The van der Waals surface area contributed by atoms with E-state index in [-0.39, 0.29) is 0 Å². The lowest BCUT2D eigenvalue weighted by molar-refractivity contribution is 0.0810. The molecule has 6 heteroatoms. The third kappa shape index (κ3) is 3.88. The zero-order valence-corrected chi connectivity index (χ0v) is 11.3. The van der Waals surface area contributed by atoms with Gasteiger partial charge in [-0.3, -0.25) is 0 Å². The minimum atomic E-state index is -1.13. The molecule has 0 atom stereocenters. The number of hydrogen-bond donors (Lipinski definition) is 0. The summed E-state index contributed by atoms with van der Waals surface area (Å²) in [4.78, 5) is 0. The van der Waals surface area contributed by atoms with Gasteiger partial charge in [-0.2, -0.15) is 0 Å². The van der Waals surface area contributed by atoms with Crippen molar-refractivity contribution in [1.82, 2.24) is 0 Å². The molecule has 0 bridgehead atoms. The number of hydrogen-bond acceptors (Lipinski definition) is 4. The molecule has 0 radical (unpaired) electrons. The van der Waals surface area contributed by atoms with Crippen LogP contribution in [0, 0.1) is 0 Å². The first-order chi connectivity index (χ1) is 6.58. The summed E-state index contributed by atoms with van der Waals surface area (Å²) in [6, 6.07) is 0. The minimum Gasteiger partial charge on any atom is -0.520 e. The summed E-state index contributed by atoms with van der Waals surface area (Å²) in [5, 5.41) is 0. The monoisotopic (exact) mass is 232 g/mol. The van der Waals surface area contributed by atoms with Gasteiger partial charge in [0.1, 0.15) is 0 Å². The Morgan fingerprint density at radius 3 is 1.43 bits per heavy atom. The van der Waals surface area contributed by atoms with Gasteiger partial charge in [0, 0.05) is 0 Å². The first-order valence-corrected chi connectivity index (χ1v) is 10.2. The Labute approximate surface area is 87.6 Å². The molecule has 0 amide bonds. The van der Waals surface area contributed by atoms with Crippen LogP contribution in [-0.2, 0) is 18.3 Å². The largest absolute Gasteiger partial charge is 0.520 e. The van der Waals surface area contributed by atoms with Crippen molar-refractivity contribution in [1.29, 1.82) is 0 Å². The van der Waals surface area contributed by atoms with E-state index in [2.05, 4.69) is 26.2 Å². The Morgan fingerprint density at radius 2 is 1.21 bits per heavy atom. The van der Waals surface area contributed by atoms with Gasteiger partial charge < -0.3 is 18.3 Å². The predicted molar refractivity (Wildman–Crippen MR) is 58.3 cm³/mol. The molecule has 1 rings (SSSR count). The first kappa shape index (κ1) is 11.2. The zero-order chi connectivity index (χ0) is 10.6. The first-order valence-electron chi connectivity index (χ1n) is 4.65. The summed E-state index contributed by atoms with van der Waals surface area (Å²) in [5.74, 6) is 0.842. The van der Waals surface area contributed by atoms with E-state index < -0.39 is 18.1 Å². The van der Waals surface area contributed by atoms with Crippen molar-refractivity contribution in [2.75, 3.05) is 0 Å². The molecule has 0 aromatic rings. The summed E-state index contributed by atoms with van der Waals surface area (Å²) >= 11 is 0. The van der Waals surface area contributed by atoms with Gasteiger partial charge in [-0.05, 0) is 26.2 Å².